The third kappa shape index (κ3) is 6.28. The predicted molar refractivity (Wildman–Crippen MR) is 118 cm³/mol. The first-order valence-electron chi connectivity index (χ1n) is 10.9. The molecule has 0 aromatic heterocycles. The van der Waals surface area contributed by atoms with Gasteiger partial charge in [-0.1, -0.05) is 42.5 Å². The van der Waals surface area contributed by atoms with Crippen LogP contribution in [0.25, 0.3) is 10.8 Å². The summed E-state index contributed by atoms with van der Waals surface area (Å²) < 4.78 is 0. The molecule has 7 heteroatoms. The van der Waals surface area contributed by atoms with Crippen molar-refractivity contribution < 1.29 is 24.6 Å². The number of carboxylic acids is 2. The molecule has 4 rings (SSSR count). The van der Waals surface area contributed by atoms with Crippen LogP contribution in [-0.4, -0.2) is 64.0 Å². The smallest absolute Gasteiger partial charge is 0.414 e. The third-order valence-corrected chi connectivity index (χ3v) is 6.06. The van der Waals surface area contributed by atoms with Crippen molar-refractivity contribution in [2.45, 2.75) is 38.6 Å². The lowest BCUT2D eigenvalue weighted by Gasteiger charge is -2.35. The Morgan fingerprint density at radius 2 is 1.42 bits per heavy atom. The van der Waals surface area contributed by atoms with Crippen molar-refractivity contribution in [1.82, 2.24) is 9.80 Å². The van der Waals surface area contributed by atoms with Gasteiger partial charge in [-0.2, -0.15) is 0 Å². The highest BCUT2D eigenvalue weighted by molar-refractivity contribution is 6.27. The first-order chi connectivity index (χ1) is 15.0. The number of piperidine rings is 2. The minimum absolute atomic E-state index is 0.252. The average molecular weight is 427 g/mol. The maximum Gasteiger partial charge on any atom is 0.414 e. The number of carboxylic acid groups (broad SMARTS) is 2. The Morgan fingerprint density at radius 3 is 2.06 bits per heavy atom. The largest absolute Gasteiger partial charge is 0.473 e. The minimum Gasteiger partial charge on any atom is -0.473 e. The van der Waals surface area contributed by atoms with Gasteiger partial charge in [0.25, 0.3) is 0 Å². The molecule has 0 spiro atoms. The van der Waals surface area contributed by atoms with Crippen LogP contribution >= 0.6 is 0 Å². The highest BCUT2D eigenvalue weighted by Gasteiger charge is 2.29. The zero-order chi connectivity index (χ0) is 22.2. The highest BCUT2D eigenvalue weighted by atomic mass is 16.4. The summed E-state index contributed by atoms with van der Waals surface area (Å²) in [6.07, 6.45) is 5.69. The molecule has 0 radical (unpaired) electrons. The molecule has 1 amide bonds. The van der Waals surface area contributed by atoms with Crippen molar-refractivity contribution in [2.75, 3.05) is 26.2 Å². The molecule has 0 aliphatic carbocycles. The second kappa shape index (κ2) is 10.9. The van der Waals surface area contributed by atoms with Gasteiger partial charge in [-0.05, 0) is 61.5 Å². The van der Waals surface area contributed by atoms with E-state index in [2.05, 4.69) is 52.3 Å². The molecule has 2 aliphatic heterocycles. The topological polar surface area (TPSA) is 98.2 Å². The molecule has 166 valence electrons. The molecule has 0 unspecified atom stereocenters. The molecule has 2 N–H and O–H groups in total. The Labute approximate surface area is 182 Å². The Morgan fingerprint density at radius 1 is 0.806 bits per heavy atom. The summed E-state index contributed by atoms with van der Waals surface area (Å²) in [5.74, 6) is -2.98. The van der Waals surface area contributed by atoms with Gasteiger partial charge in [0.1, 0.15) is 0 Å². The summed E-state index contributed by atoms with van der Waals surface area (Å²) in [6, 6.07) is 15.2. The SMILES string of the molecule is O=C(C1CCN(Cc2cccc3ccccc23)CC1)N1CCCCC1.O=C(O)C(=O)O. The summed E-state index contributed by atoms with van der Waals surface area (Å²) in [6.45, 7) is 5.02. The van der Waals surface area contributed by atoms with E-state index in [-0.39, 0.29) is 5.92 Å². The van der Waals surface area contributed by atoms with Gasteiger partial charge in [0.05, 0.1) is 0 Å². The number of fused-ring (bicyclic) bond motifs is 1. The van der Waals surface area contributed by atoms with Crippen molar-refractivity contribution in [3.05, 3.63) is 48.0 Å². The fraction of sp³-hybridized carbons (Fsp3) is 0.458. The number of likely N-dealkylation sites (tertiary alicyclic amines) is 2. The molecule has 7 nitrogen and oxygen atoms in total. The second-order valence-electron chi connectivity index (χ2n) is 8.18. The minimum atomic E-state index is -1.82. The van der Waals surface area contributed by atoms with Gasteiger partial charge in [0.15, 0.2) is 0 Å². The molecule has 2 aromatic carbocycles. The van der Waals surface area contributed by atoms with Crippen molar-refractivity contribution in [2.24, 2.45) is 5.92 Å². The maximum absolute atomic E-state index is 12.7. The summed E-state index contributed by atoms with van der Waals surface area (Å²) in [5, 5.41) is 17.5. The fourth-order valence-corrected chi connectivity index (χ4v) is 4.38. The van der Waals surface area contributed by atoms with Crippen LogP contribution in [0.4, 0.5) is 0 Å². The van der Waals surface area contributed by atoms with Crippen molar-refractivity contribution in [3.63, 3.8) is 0 Å². The van der Waals surface area contributed by atoms with Crippen LogP contribution in [0, 0.1) is 5.92 Å². The lowest BCUT2D eigenvalue weighted by atomic mass is 9.93. The van der Waals surface area contributed by atoms with Gasteiger partial charge < -0.3 is 15.1 Å². The van der Waals surface area contributed by atoms with Crippen LogP contribution in [-0.2, 0) is 20.9 Å². The van der Waals surface area contributed by atoms with E-state index in [0.717, 1.165) is 45.6 Å². The van der Waals surface area contributed by atoms with E-state index in [1.165, 1.54) is 35.6 Å². The quantitative estimate of drug-likeness (QED) is 0.732. The van der Waals surface area contributed by atoms with Crippen LogP contribution in [0.3, 0.4) is 0 Å². The predicted octanol–water partition coefficient (Wildman–Crippen LogP) is 3.22. The van der Waals surface area contributed by atoms with Gasteiger partial charge in [0.2, 0.25) is 5.91 Å². The molecule has 2 aromatic rings. The first-order valence-corrected chi connectivity index (χ1v) is 10.9. The van der Waals surface area contributed by atoms with Crippen LogP contribution in [0.1, 0.15) is 37.7 Å². The van der Waals surface area contributed by atoms with Crippen molar-refractivity contribution in [1.29, 1.82) is 0 Å². The van der Waals surface area contributed by atoms with E-state index in [0.29, 0.717) is 5.91 Å². The zero-order valence-corrected chi connectivity index (χ0v) is 17.7. The van der Waals surface area contributed by atoms with E-state index < -0.39 is 11.9 Å². The van der Waals surface area contributed by atoms with E-state index in [9.17, 15) is 4.79 Å². The molecule has 2 aliphatic rings. The Balaban J connectivity index is 0.000000401. The van der Waals surface area contributed by atoms with Gasteiger partial charge in [0, 0.05) is 25.6 Å². The van der Waals surface area contributed by atoms with Crippen LogP contribution in [0.5, 0.6) is 0 Å². The average Bonchev–Trinajstić information content (AvgIpc) is 2.80. The highest BCUT2D eigenvalue weighted by Crippen LogP contribution is 2.25. The number of carbonyl (C=O) groups excluding carboxylic acids is 1. The number of aliphatic carboxylic acids is 2. The molecular weight excluding hydrogens is 396 g/mol. The van der Waals surface area contributed by atoms with Gasteiger partial charge in [-0.25, -0.2) is 9.59 Å². The number of hydrogen-bond donors (Lipinski definition) is 2. The van der Waals surface area contributed by atoms with E-state index in [1.54, 1.807) is 0 Å². The molecule has 0 saturated carbocycles. The number of rotatable bonds is 3. The number of benzene rings is 2. The third-order valence-electron chi connectivity index (χ3n) is 6.06. The van der Waals surface area contributed by atoms with Gasteiger partial charge in [-0.3, -0.25) is 9.69 Å². The molecule has 2 fully saturated rings. The molecule has 31 heavy (non-hydrogen) atoms. The number of hydrogen-bond acceptors (Lipinski definition) is 4. The van der Waals surface area contributed by atoms with E-state index in [4.69, 9.17) is 19.8 Å². The monoisotopic (exact) mass is 426 g/mol. The Kier molecular flexibility index (Phi) is 8.00. The van der Waals surface area contributed by atoms with Crippen molar-refractivity contribution >= 4 is 28.6 Å². The summed E-state index contributed by atoms with van der Waals surface area (Å²) in [5.41, 5.74) is 1.40. The second-order valence-corrected chi connectivity index (χ2v) is 8.18. The molecule has 2 heterocycles. The normalized spacial score (nSPS) is 17.6. The number of nitrogens with zero attached hydrogens (tertiary/aromatic N) is 2. The number of carbonyl (C=O) groups is 3. The summed E-state index contributed by atoms with van der Waals surface area (Å²) in [7, 11) is 0. The standard InChI is InChI=1S/C22H28N2O.C2H2O4/c25-22(24-13-4-1-5-14-24)19-11-15-23(16-12-19)17-20-9-6-8-18-7-2-3-10-21(18)20;3-1(4)2(5)6/h2-3,6-10,19H,1,4-5,11-17H2;(H,3,4)(H,5,6). The zero-order valence-electron chi connectivity index (χ0n) is 17.7. The van der Waals surface area contributed by atoms with Crippen LogP contribution in [0.15, 0.2) is 42.5 Å². The fourth-order valence-electron chi connectivity index (χ4n) is 4.38. The summed E-state index contributed by atoms with van der Waals surface area (Å²) >= 11 is 0. The van der Waals surface area contributed by atoms with Gasteiger partial charge in [-0.15, -0.1) is 0 Å². The molecule has 0 bridgehead atoms. The maximum atomic E-state index is 12.7. The number of amides is 1. The Hall–Kier alpha value is -2.93. The van der Waals surface area contributed by atoms with Crippen LogP contribution in [0.2, 0.25) is 0 Å². The first kappa shape index (κ1) is 22.7. The molecule has 0 atom stereocenters. The van der Waals surface area contributed by atoms with E-state index in [1.807, 2.05) is 0 Å². The lowest BCUT2D eigenvalue weighted by molar-refractivity contribution is -0.159. The summed E-state index contributed by atoms with van der Waals surface area (Å²) in [4.78, 5) is 35.5. The molecular formula is C24H30N2O5. The van der Waals surface area contributed by atoms with E-state index >= 15 is 0 Å². The van der Waals surface area contributed by atoms with Gasteiger partial charge >= 0.3 is 11.9 Å². The van der Waals surface area contributed by atoms with Crippen LogP contribution < -0.4 is 0 Å². The molecule has 2 saturated heterocycles. The van der Waals surface area contributed by atoms with Crippen molar-refractivity contribution in [3.8, 4) is 0 Å². The Bertz CT molecular complexity index is 898. The lowest BCUT2D eigenvalue weighted by Crippen LogP contribution is -2.44.